The van der Waals surface area contributed by atoms with E-state index < -0.39 is 23.7 Å². The number of nitrogens with one attached hydrogen (secondary N) is 2. The average Bonchev–Trinajstić information content (AvgIpc) is 2.75. The number of rotatable bonds is 5. The smallest absolute Gasteiger partial charge is 0.416 e. The molecule has 0 spiro atoms. The number of carbonyl (C=O) groups excluding carboxylic acids is 1. The van der Waals surface area contributed by atoms with Gasteiger partial charge < -0.3 is 19.9 Å². The molecule has 0 unspecified atom stereocenters. The summed E-state index contributed by atoms with van der Waals surface area (Å²) in [5.41, 5.74) is 0.381. The molecule has 1 aromatic carbocycles. The number of aromatic nitrogens is 3. The van der Waals surface area contributed by atoms with Crippen molar-refractivity contribution < 1.29 is 27.1 Å². The predicted octanol–water partition coefficient (Wildman–Crippen LogP) is 3.13. The molecular weight excluding hydrogens is 446 g/mol. The molecule has 0 amide bonds. The highest BCUT2D eigenvalue weighted by molar-refractivity contribution is 5.81. The number of benzene rings is 1. The van der Waals surface area contributed by atoms with E-state index in [0.717, 1.165) is 17.8 Å². The topological polar surface area (TPSA) is 100 Å². The summed E-state index contributed by atoms with van der Waals surface area (Å²) in [6.45, 7) is 0.675. The van der Waals surface area contributed by atoms with Crippen molar-refractivity contribution in [3.8, 4) is 5.75 Å². The summed E-state index contributed by atoms with van der Waals surface area (Å²) in [6.07, 6.45) is -1.46. The molecule has 4 rings (SSSR count). The van der Waals surface area contributed by atoms with Gasteiger partial charge in [-0.3, -0.25) is 9.59 Å². The van der Waals surface area contributed by atoms with Crippen LogP contribution in [-0.2, 0) is 6.18 Å². The van der Waals surface area contributed by atoms with Crippen molar-refractivity contribution in [1.82, 2.24) is 15.2 Å². The third-order valence-corrected chi connectivity index (χ3v) is 4.59. The summed E-state index contributed by atoms with van der Waals surface area (Å²) in [5.74, 6) is -1.20. The van der Waals surface area contributed by atoms with Crippen LogP contribution < -0.4 is 20.5 Å². The molecule has 0 aliphatic carbocycles. The second kappa shape index (κ2) is 10.1. The molecule has 8 nitrogen and oxygen atoms in total. The van der Waals surface area contributed by atoms with Crippen LogP contribution in [0.15, 0.2) is 53.6 Å². The van der Waals surface area contributed by atoms with E-state index in [9.17, 15) is 27.2 Å². The van der Waals surface area contributed by atoms with E-state index in [4.69, 9.17) is 4.74 Å². The van der Waals surface area contributed by atoms with Crippen molar-refractivity contribution in [2.75, 3.05) is 30.4 Å². The summed E-state index contributed by atoms with van der Waals surface area (Å²) >= 11 is 0. The minimum Gasteiger partial charge on any atom is -0.487 e. The first-order valence-electron chi connectivity index (χ1n) is 9.62. The van der Waals surface area contributed by atoms with Gasteiger partial charge in [-0.25, -0.2) is 4.39 Å². The van der Waals surface area contributed by atoms with E-state index in [-0.39, 0.29) is 17.0 Å². The van der Waals surface area contributed by atoms with Gasteiger partial charge in [-0.1, -0.05) is 0 Å². The van der Waals surface area contributed by atoms with Crippen LogP contribution in [0.1, 0.15) is 16.1 Å². The summed E-state index contributed by atoms with van der Waals surface area (Å²) in [6, 6.07) is 6.98. The number of halogens is 4. The lowest BCUT2D eigenvalue weighted by molar-refractivity contribution is -0.137. The molecule has 0 radical (unpaired) electrons. The van der Waals surface area contributed by atoms with Gasteiger partial charge in [-0.2, -0.15) is 18.3 Å². The Balaban J connectivity index is 0.000000286. The molecule has 1 aliphatic heterocycles. The highest BCUT2D eigenvalue weighted by Gasteiger charge is 2.34. The van der Waals surface area contributed by atoms with Crippen molar-refractivity contribution >= 4 is 17.7 Å². The van der Waals surface area contributed by atoms with Crippen LogP contribution in [0.25, 0.3) is 0 Å². The van der Waals surface area contributed by atoms with Crippen LogP contribution in [0.4, 0.5) is 28.9 Å². The largest absolute Gasteiger partial charge is 0.487 e. The molecule has 3 heterocycles. The van der Waals surface area contributed by atoms with Gasteiger partial charge in [-0.15, -0.1) is 5.10 Å². The molecule has 0 atom stereocenters. The minimum atomic E-state index is -4.65. The highest BCUT2D eigenvalue weighted by Crippen LogP contribution is 2.33. The van der Waals surface area contributed by atoms with E-state index >= 15 is 0 Å². The van der Waals surface area contributed by atoms with Crippen molar-refractivity contribution in [1.29, 1.82) is 0 Å². The van der Waals surface area contributed by atoms with E-state index in [1.54, 1.807) is 30.3 Å². The molecule has 3 aromatic rings. The van der Waals surface area contributed by atoms with Gasteiger partial charge in [0.1, 0.15) is 23.4 Å². The quantitative estimate of drug-likeness (QED) is 0.441. The van der Waals surface area contributed by atoms with Crippen LogP contribution in [0.5, 0.6) is 5.75 Å². The summed E-state index contributed by atoms with van der Waals surface area (Å²) in [7, 11) is 1.77. The Morgan fingerprint density at radius 3 is 2.58 bits per heavy atom. The zero-order valence-electron chi connectivity index (χ0n) is 17.3. The number of pyridine rings is 1. The maximum atomic E-state index is 13.3. The first-order valence-corrected chi connectivity index (χ1v) is 9.62. The fraction of sp³-hybridized carbons (Fsp3) is 0.238. The van der Waals surface area contributed by atoms with Gasteiger partial charge in [-0.05, 0) is 24.3 Å². The lowest BCUT2D eigenvalue weighted by Gasteiger charge is -2.40. The van der Waals surface area contributed by atoms with Crippen molar-refractivity contribution in [3.05, 3.63) is 76.2 Å². The third kappa shape index (κ3) is 6.28. The normalized spacial score (nSPS) is 13.4. The number of carbonyl (C=O) groups is 1. The minimum absolute atomic E-state index is 0.0816. The van der Waals surface area contributed by atoms with Gasteiger partial charge in [0.2, 0.25) is 5.56 Å². The van der Waals surface area contributed by atoms with Gasteiger partial charge >= 0.3 is 6.18 Å². The maximum Gasteiger partial charge on any atom is 0.416 e. The van der Waals surface area contributed by atoms with E-state index in [1.807, 2.05) is 0 Å². The number of hydrogen-bond acceptors (Lipinski definition) is 7. The fourth-order valence-electron chi connectivity index (χ4n) is 2.98. The van der Waals surface area contributed by atoms with Crippen LogP contribution in [0.3, 0.4) is 0 Å². The zero-order valence-corrected chi connectivity index (χ0v) is 17.3. The number of ether oxygens (including phenoxy) is 1. The van der Waals surface area contributed by atoms with Crippen LogP contribution in [0, 0.1) is 5.82 Å². The van der Waals surface area contributed by atoms with Crippen LogP contribution in [-0.4, -0.2) is 47.7 Å². The third-order valence-electron chi connectivity index (χ3n) is 4.59. The van der Waals surface area contributed by atoms with E-state index in [0.29, 0.717) is 31.1 Å². The molecule has 1 aliphatic rings. The number of H-pyrrole nitrogens is 1. The van der Waals surface area contributed by atoms with Crippen molar-refractivity contribution in [2.24, 2.45) is 0 Å². The Labute approximate surface area is 185 Å². The molecule has 0 saturated carbocycles. The Kier molecular flexibility index (Phi) is 7.26. The molecule has 174 valence electrons. The van der Waals surface area contributed by atoms with E-state index in [2.05, 4.69) is 20.5 Å². The Bertz CT molecular complexity index is 1160. The number of nitrogens with zero attached hydrogens (tertiary/aromatic N) is 3. The fourth-order valence-corrected chi connectivity index (χ4v) is 2.98. The monoisotopic (exact) mass is 465 g/mol. The average molecular weight is 465 g/mol. The zero-order chi connectivity index (χ0) is 24.0. The van der Waals surface area contributed by atoms with Gasteiger partial charge in [0.15, 0.2) is 6.29 Å². The Morgan fingerprint density at radius 2 is 1.97 bits per heavy atom. The second-order valence-corrected chi connectivity index (χ2v) is 6.93. The molecule has 2 aromatic heterocycles. The number of hydrogen-bond donors (Lipinski definition) is 2. The van der Waals surface area contributed by atoms with Gasteiger partial charge in [0, 0.05) is 31.1 Å². The highest BCUT2D eigenvalue weighted by atomic mass is 19.4. The van der Waals surface area contributed by atoms with Crippen LogP contribution in [0.2, 0.25) is 0 Å². The number of anilines is 2. The molecule has 33 heavy (non-hydrogen) atoms. The summed E-state index contributed by atoms with van der Waals surface area (Å²) < 4.78 is 56.7. The molecule has 1 saturated heterocycles. The summed E-state index contributed by atoms with van der Waals surface area (Å²) in [5, 5.41) is 10.1. The number of aromatic amines is 1. The lowest BCUT2D eigenvalue weighted by Crippen LogP contribution is -2.54. The van der Waals surface area contributed by atoms with Crippen LogP contribution >= 0.6 is 0 Å². The molecular formula is C21H19F4N5O3. The lowest BCUT2D eigenvalue weighted by atomic mass is 10.1. The first-order chi connectivity index (χ1) is 15.7. The first kappa shape index (κ1) is 23.7. The molecule has 12 heteroatoms. The Hall–Kier alpha value is -3.96. The number of alkyl halides is 3. The SMILES string of the molecule is CNc1cc[nH]c(=O)c1.O=Cc1nnccc1N1CC(Oc2cc(F)cc(C(F)(F)F)c2)C1. The van der Waals surface area contributed by atoms with Gasteiger partial charge in [0.05, 0.1) is 30.5 Å². The van der Waals surface area contributed by atoms with Crippen molar-refractivity contribution in [3.63, 3.8) is 0 Å². The summed E-state index contributed by atoms with van der Waals surface area (Å²) in [4.78, 5) is 25.7. The van der Waals surface area contributed by atoms with Crippen molar-refractivity contribution in [2.45, 2.75) is 12.3 Å². The van der Waals surface area contributed by atoms with Gasteiger partial charge in [0.25, 0.3) is 0 Å². The maximum absolute atomic E-state index is 13.3. The molecule has 0 bridgehead atoms. The molecule has 1 fully saturated rings. The standard InChI is InChI=1S/C15H11F4N3O2.C6H8N2O/c16-10-3-9(15(17,18)19)4-11(5-10)24-12-6-22(7-12)14-1-2-20-21-13(14)8-23;1-7-5-2-3-8-6(9)4-5/h1-5,8,12H,6-7H2;2-4H,1H3,(H2,7,8,9). The predicted molar refractivity (Wildman–Crippen MR) is 112 cm³/mol. The Morgan fingerprint density at radius 1 is 1.21 bits per heavy atom. The number of aldehydes is 1. The van der Waals surface area contributed by atoms with E-state index in [1.165, 1.54) is 12.3 Å². The molecule has 2 N–H and O–H groups in total. The second-order valence-electron chi connectivity index (χ2n) is 6.93.